The maximum absolute atomic E-state index is 11.8. The van der Waals surface area contributed by atoms with E-state index in [0.29, 0.717) is 11.0 Å². The van der Waals surface area contributed by atoms with E-state index in [0.717, 1.165) is 6.07 Å². The summed E-state index contributed by atoms with van der Waals surface area (Å²) in [6, 6.07) is 7.65. The SMILES string of the molecule is CC(=O)C(C)OC(=O)c1cc(=O)c2ccccc2o1. The molecule has 0 saturated carbocycles. The third kappa shape index (κ3) is 2.70. The van der Waals surface area contributed by atoms with Crippen LogP contribution in [0, 0.1) is 0 Å². The van der Waals surface area contributed by atoms with Gasteiger partial charge >= 0.3 is 5.97 Å². The molecule has 1 aromatic heterocycles. The van der Waals surface area contributed by atoms with Gasteiger partial charge in [-0.3, -0.25) is 9.59 Å². The smallest absolute Gasteiger partial charge is 0.375 e. The predicted octanol–water partition coefficient (Wildman–Crippen LogP) is 1.93. The summed E-state index contributed by atoms with van der Waals surface area (Å²) >= 11 is 0. The Morgan fingerprint density at radius 1 is 1.26 bits per heavy atom. The van der Waals surface area contributed by atoms with E-state index in [9.17, 15) is 14.4 Å². The van der Waals surface area contributed by atoms with Gasteiger partial charge in [-0.1, -0.05) is 12.1 Å². The van der Waals surface area contributed by atoms with Gasteiger partial charge in [-0.2, -0.15) is 0 Å². The molecule has 1 atom stereocenters. The molecule has 0 radical (unpaired) electrons. The average molecular weight is 260 g/mol. The molecule has 2 aromatic rings. The number of esters is 1. The van der Waals surface area contributed by atoms with Crippen LogP contribution >= 0.6 is 0 Å². The van der Waals surface area contributed by atoms with Gasteiger partial charge in [-0.25, -0.2) is 4.79 Å². The number of ketones is 1. The Kier molecular flexibility index (Phi) is 3.46. The Balaban J connectivity index is 2.38. The molecular weight excluding hydrogens is 248 g/mol. The first-order valence-electron chi connectivity index (χ1n) is 5.73. The highest BCUT2D eigenvalue weighted by molar-refractivity contribution is 5.91. The minimum Gasteiger partial charge on any atom is -0.449 e. The molecule has 0 aliphatic carbocycles. The lowest BCUT2D eigenvalue weighted by atomic mass is 10.2. The van der Waals surface area contributed by atoms with Crippen LogP contribution < -0.4 is 5.43 Å². The number of fused-ring (bicyclic) bond motifs is 1. The monoisotopic (exact) mass is 260 g/mol. The van der Waals surface area contributed by atoms with E-state index in [1.54, 1.807) is 24.3 Å². The lowest BCUT2D eigenvalue weighted by molar-refractivity contribution is -0.124. The van der Waals surface area contributed by atoms with Gasteiger partial charge in [0.2, 0.25) is 5.76 Å². The van der Waals surface area contributed by atoms with Gasteiger partial charge in [0, 0.05) is 6.07 Å². The Hall–Kier alpha value is -2.43. The number of carbonyl (C=O) groups is 2. The number of hydrogen-bond acceptors (Lipinski definition) is 5. The molecule has 0 aliphatic rings. The van der Waals surface area contributed by atoms with Crippen molar-refractivity contribution in [3.63, 3.8) is 0 Å². The summed E-state index contributed by atoms with van der Waals surface area (Å²) in [6.07, 6.45) is -0.871. The fourth-order valence-corrected chi connectivity index (χ4v) is 1.51. The van der Waals surface area contributed by atoms with Crippen molar-refractivity contribution in [1.29, 1.82) is 0 Å². The first kappa shape index (κ1) is 13.0. The fourth-order valence-electron chi connectivity index (χ4n) is 1.51. The second-order valence-corrected chi connectivity index (χ2v) is 4.13. The number of ether oxygens (including phenoxy) is 1. The maximum atomic E-state index is 11.8. The van der Waals surface area contributed by atoms with Crippen LogP contribution in [0.25, 0.3) is 11.0 Å². The van der Waals surface area contributed by atoms with Crippen LogP contribution in [0.3, 0.4) is 0 Å². The van der Waals surface area contributed by atoms with Gasteiger partial charge in [0.25, 0.3) is 0 Å². The molecule has 5 nitrogen and oxygen atoms in total. The van der Waals surface area contributed by atoms with E-state index in [1.807, 2.05) is 0 Å². The quantitative estimate of drug-likeness (QED) is 0.788. The number of hydrogen-bond donors (Lipinski definition) is 0. The van der Waals surface area contributed by atoms with E-state index >= 15 is 0 Å². The molecule has 0 amide bonds. The van der Waals surface area contributed by atoms with E-state index in [2.05, 4.69) is 0 Å². The van der Waals surface area contributed by atoms with Crippen LogP contribution in [0.4, 0.5) is 0 Å². The van der Waals surface area contributed by atoms with Crippen molar-refractivity contribution in [1.82, 2.24) is 0 Å². The van der Waals surface area contributed by atoms with Gasteiger partial charge < -0.3 is 9.15 Å². The van der Waals surface area contributed by atoms with E-state index in [-0.39, 0.29) is 17.0 Å². The van der Waals surface area contributed by atoms with E-state index in [1.165, 1.54) is 13.8 Å². The Morgan fingerprint density at radius 2 is 1.95 bits per heavy atom. The summed E-state index contributed by atoms with van der Waals surface area (Å²) in [5, 5.41) is 0.388. The molecule has 2 rings (SSSR count). The Labute approximate surface area is 108 Å². The first-order valence-corrected chi connectivity index (χ1v) is 5.73. The van der Waals surface area contributed by atoms with Crippen LogP contribution in [0.5, 0.6) is 0 Å². The minimum atomic E-state index is -0.871. The van der Waals surface area contributed by atoms with Crippen LogP contribution in [-0.2, 0) is 9.53 Å². The fraction of sp³-hybridized carbons (Fsp3) is 0.214. The van der Waals surface area contributed by atoms with Gasteiger partial charge in [-0.05, 0) is 26.0 Å². The zero-order valence-corrected chi connectivity index (χ0v) is 10.5. The minimum absolute atomic E-state index is 0.211. The number of para-hydroxylation sites is 1. The van der Waals surface area contributed by atoms with Crippen molar-refractivity contribution in [2.45, 2.75) is 20.0 Å². The van der Waals surface area contributed by atoms with Gasteiger partial charge in [0.1, 0.15) is 5.58 Å². The molecule has 0 aliphatic heterocycles. The lowest BCUT2D eigenvalue weighted by Gasteiger charge is -2.09. The maximum Gasteiger partial charge on any atom is 0.375 e. The summed E-state index contributed by atoms with van der Waals surface area (Å²) < 4.78 is 10.2. The third-order valence-corrected chi connectivity index (χ3v) is 2.69. The van der Waals surface area contributed by atoms with Crippen LogP contribution in [-0.4, -0.2) is 17.9 Å². The molecule has 1 unspecified atom stereocenters. The lowest BCUT2D eigenvalue weighted by Crippen LogP contribution is -2.22. The standard InChI is InChI=1S/C14H12O5/c1-8(15)9(2)18-14(17)13-7-11(16)10-5-3-4-6-12(10)19-13/h3-7,9H,1-2H3. The Morgan fingerprint density at radius 3 is 2.63 bits per heavy atom. The van der Waals surface area contributed by atoms with Crippen LogP contribution in [0.15, 0.2) is 39.5 Å². The third-order valence-electron chi connectivity index (χ3n) is 2.69. The summed E-state index contributed by atoms with van der Waals surface area (Å²) in [7, 11) is 0. The van der Waals surface area contributed by atoms with Crippen LogP contribution in [0.1, 0.15) is 24.4 Å². The largest absolute Gasteiger partial charge is 0.449 e. The molecule has 1 heterocycles. The number of carbonyl (C=O) groups excluding carboxylic acids is 2. The zero-order chi connectivity index (χ0) is 14.0. The molecule has 5 heteroatoms. The average Bonchev–Trinajstić information content (AvgIpc) is 2.38. The van der Waals surface area contributed by atoms with E-state index in [4.69, 9.17) is 9.15 Å². The highest BCUT2D eigenvalue weighted by atomic mass is 16.6. The number of Topliss-reactive ketones (excluding diaryl/α,β-unsaturated/α-hetero) is 1. The van der Waals surface area contributed by atoms with Crippen LogP contribution in [0.2, 0.25) is 0 Å². The van der Waals surface area contributed by atoms with E-state index < -0.39 is 12.1 Å². The predicted molar refractivity (Wildman–Crippen MR) is 68.0 cm³/mol. The van der Waals surface area contributed by atoms with Gasteiger partial charge in [0.15, 0.2) is 17.3 Å². The molecule has 19 heavy (non-hydrogen) atoms. The van der Waals surface area contributed by atoms with Crippen molar-refractivity contribution in [3.8, 4) is 0 Å². The van der Waals surface area contributed by atoms with Crippen molar-refractivity contribution in [2.24, 2.45) is 0 Å². The zero-order valence-electron chi connectivity index (χ0n) is 10.5. The summed E-state index contributed by atoms with van der Waals surface area (Å²) in [5.41, 5.74) is -0.0262. The van der Waals surface area contributed by atoms with Gasteiger partial charge in [0.05, 0.1) is 5.39 Å². The molecule has 1 aromatic carbocycles. The molecule has 0 saturated heterocycles. The summed E-state index contributed by atoms with van der Waals surface area (Å²) in [5.74, 6) is -1.32. The normalized spacial score (nSPS) is 12.1. The topological polar surface area (TPSA) is 73.6 Å². The summed E-state index contributed by atoms with van der Waals surface area (Å²) in [4.78, 5) is 34.6. The highest BCUT2D eigenvalue weighted by Gasteiger charge is 2.18. The second-order valence-electron chi connectivity index (χ2n) is 4.13. The highest BCUT2D eigenvalue weighted by Crippen LogP contribution is 2.13. The molecule has 0 fully saturated rings. The number of benzene rings is 1. The molecule has 0 spiro atoms. The second kappa shape index (κ2) is 5.06. The molecule has 98 valence electrons. The molecule has 0 bridgehead atoms. The first-order chi connectivity index (χ1) is 8.99. The Bertz CT molecular complexity index is 698. The van der Waals surface area contributed by atoms with Crippen molar-refractivity contribution in [3.05, 3.63) is 46.3 Å². The van der Waals surface area contributed by atoms with Crippen molar-refractivity contribution >= 4 is 22.7 Å². The molecule has 0 N–H and O–H groups in total. The number of rotatable bonds is 3. The molecular formula is C14H12O5. The van der Waals surface area contributed by atoms with Crippen molar-refractivity contribution in [2.75, 3.05) is 0 Å². The van der Waals surface area contributed by atoms with Gasteiger partial charge in [-0.15, -0.1) is 0 Å². The summed E-state index contributed by atoms with van der Waals surface area (Å²) in [6.45, 7) is 2.77. The van der Waals surface area contributed by atoms with Crippen molar-refractivity contribution < 1.29 is 18.7 Å².